The summed E-state index contributed by atoms with van der Waals surface area (Å²) in [5.74, 6) is 0.242. The summed E-state index contributed by atoms with van der Waals surface area (Å²) in [6.07, 6.45) is 1.24. The smallest absolute Gasteiger partial charge is 0.261 e. The highest BCUT2D eigenvalue weighted by atomic mass is 79.9. The Morgan fingerprint density at radius 1 is 0.944 bits per heavy atom. The van der Waals surface area contributed by atoms with E-state index < -0.39 is 6.04 Å². The molecule has 0 saturated heterocycles. The van der Waals surface area contributed by atoms with Crippen LogP contribution in [0.4, 0.5) is 0 Å². The summed E-state index contributed by atoms with van der Waals surface area (Å²) < 4.78 is 6.97. The first-order valence-electron chi connectivity index (χ1n) is 12.3. The zero-order chi connectivity index (χ0) is 26.1. The third kappa shape index (κ3) is 7.69. The number of nitrogens with one attached hydrogen (secondary N) is 1. The molecule has 0 unspecified atom stereocenters. The second kappa shape index (κ2) is 13.3. The molecule has 0 saturated carbocycles. The number of carbonyl (C=O) groups is 2. The van der Waals surface area contributed by atoms with Crippen LogP contribution in [-0.4, -0.2) is 35.9 Å². The second-order valence-corrected chi connectivity index (χ2v) is 9.96. The van der Waals surface area contributed by atoms with Crippen LogP contribution in [0.2, 0.25) is 0 Å². The van der Waals surface area contributed by atoms with Crippen LogP contribution >= 0.6 is 15.9 Å². The van der Waals surface area contributed by atoms with E-state index in [0.29, 0.717) is 25.3 Å². The molecule has 36 heavy (non-hydrogen) atoms. The molecule has 6 heteroatoms. The van der Waals surface area contributed by atoms with Crippen molar-refractivity contribution in [3.63, 3.8) is 0 Å². The van der Waals surface area contributed by atoms with Crippen molar-refractivity contribution >= 4 is 27.7 Å². The summed E-state index contributed by atoms with van der Waals surface area (Å²) in [4.78, 5) is 28.7. The number of rotatable bonds is 11. The van der Waals surface area contributed by atoms with Gasteiger partial charge in [-0.15, -0.1) is 0 Å². The SMILES string of the molecule is CCCNC(=O)[C@H](Cc1ccccc1)N(Cc1cccc(C)c1)C(=O)COc1cc(C)c(Br)c(C)c1. The van der Waals surface area contributed by atoms with Gasteiger partial charge in [-0.2, -0.15) is 0 Å². The van der Waals surface area contributed by atoms with E-state index in [1.165, 1.54) is 0 Å². The van der Waals surface area contributed by atoms with Gasteiger partial charge in [0.2, 0.25) is 5.91 Å². The molecule has 0 fully saturated rings. The third-order valence-corrected chi connectivity index (χ3v) is 7.28. The fourth-order valence-corrected chi connectivity index (χ4v) is 4.37. The first kappa shape index (κ1) is 27.5. The van der Waals surface area contributed by atoms with Gasteiger partial charge in [-0.1, -0.05) is 83.0 Å². The van der Waals surface area contributed by atoms with Gasteiger partial charge in [-0.25, -0.2) is 0 Å². The maximum atomic E-state index is 13.7. The molecule has 0 spiro atoms. The molecular weight excluding hydrogens is 516 g/mol. The highest BCUT2D eigenvalue weighted by molar-refractivity contribution is 9.10. The highest BCUT2D eigenvalue weighted by Crippen LogP contribution is 2.26. The molecule has 0 aliphatic heterocycles. The van der Waals surface area contributed by atoms with E-state index in [9.17, 15) is 9.59 Å². The predicted octanol–water partition coefficient (Wildman–Crippen LogP) is 5.92. The number of hydrogen-bond acceptors (Lipinski definition) is 3. The maximum absolute atomic E-state index is 13.7. The number of hydrogen-bond donors (Lipinski definition) is 1. The third-order valence-electron chi connectivity index (χ3n) is 6.03. The predicted molar refractivity (Wildman–Crippen MR) is 148 cm³/mol. The standard InChI is InChI=1S/C30H35BrN2O3/c1-5-14-32-30(35)27(18-24-11-7-6-8-12-24)33(19-25-13-9-10-21(2)15-25)28(34)20-36-26-16-22(3)29(31)23(4)17-26/h6-13,15-17,27H,5,14,18-20H2,1-4H3,(H,32,35)/t27-/m0/s1. The number of amides is 2. The second-order valence-electron chi connectivity index (χ2n) is 9.17. The van der Waals surface area contributed by atoms with Gasteiger partial charge in [-0.05, 0) is 61.6 Å². The molecule has 0 aliphatic rings. The van der Waals surface area contributed by atoms with E-state index >= 15 is 0 Å². The van der Waals surface area contributed by atoms with Crippen molar-refractivity contribution in [3.8, 4) is 5.75 Å². The van der Waals surface area contributed by atoms with Crippen LogP contribution in [0.25, 0.3) is 0 Å². The number of halogens is 1. The Morgan fingerprint density at radius 3 is 2.25 bits per heavy atom. The molecule has 1 N–H and O–H groups in total. The van der Waals surface area contributed by atoms with Crippen molar-refractivity contribution in [1.29, 1.82) is 0 Å². The van der Waals surface area contributed by atoms with E-state index in [0.717, 1.165) is 38.7 Å². The summed E-state index contributed by atoms with van der Waals surface area (Å²) in [5, 5.41) is 3.00. The lowest BCUT2D eigenvalue weighted by Crippen LogP contribution is -2.51. The van der Waals surface area contributed by atoms with E-state index in [1.54, 1.807) is 4.90 Å². The molecule has 3 aromatic carbocycles. The zero-order valence-corrected chi connectivity index (χ0v) is 23.1. The average molecular weight is 552 g/mol. The molecule has 0 bridgehead atoms. The van der Waals surface area contributed by atoms with Crippen molar-refractivity contribution < 1.29 is 14.3 Å². The van der Waals surface area contributed by atoms with Crippen molar-refractivity contribution in [2.45, 2.75) is 53.1 Å². The molecule has 0 heterocycles. The largest absolute Gasteiger partial charge is 0.484 e. The molecule has 0 aliphatic carbocycles. The Bertz CT molecular complexity index is 1160. The molecule has 1 atom stereocenters. The van der Waals surface area contributed by atoms with Crippen molar-refractivity contribution in [2.75, 3.05) is 13.2 Å². The highest BCUT2D eigenvalue weighted by Gasteiger charge is 2.30. The molecule has 0 radical (unpaired) electrons. The normalized spacial score (nSPS) is 11.6. The summed E-state index contributed by atoms with van der Waals surface area (Å²) in [5.41, 5.74) is 5.15. The zero-order valence-electron chi connectivity index (χ0n) is 21.5. The number of carbonyl (C=O) groups excluding carboxylic acids is 2. The summed E-state index contributed by atoms with van der Waals surface area (Å²) in [7, 11) is 0. The number of aryl methyl sites for hydroxylation is 3. The van der Waals surface area contributed by atoms with Gasteiger partial charge in [0.25, 0.3) is 5.91 Å². The van der Waals surface area contributed by atoms with Gasteiger partial charge in [0, 0.05) is 24.0 Å². The average Bonchev–Trinajstić information content (AvgIpc) is 2.87. The lowest BCUT2D eigenvalue weighted by atomic mass is 10.0. The van der Waals surface area contributed by atoms with Crippen molar-refractivity contribution in [1.82, 2.24) is 10.2 Å². The molecule has 3 aromatic rings. The lowest BCUT2D eigenvalue weighted by Gasteiger charge is -2.31. The molecule has 0 aromatic heterocycles. The minimum atomic E-state index is -0.663. The minimum Gasteiger partial charge on any atom is -0.484 e. The Labute approximate surface area is 223 Å². The fraction of sp³-hybridized carbons (Fsp3) is 0.333. The Hall–Kier alpha value is -3.12. The van der Waals surface area contributed by atoms with Crippen LogP contribution in [0.5, 0.6) is 5.75 Å². The molecule has 3 rings (SSSR count). The number of benzene rings is 3. The quantitative estimate of drug-likeness (QED) is 0.322. The van der Waals surface area contributed by atoms with Gasteiger partial charge in [-0.3, -0.25) is 9.59 Å². The van der Waals surface area contributed by atoms with Gasteiger partial charge in [0.05, 0.1) is 0 Å². The van der Waals surface area contributed by atoms with E-state index in [-0.39, 0.29) is 18.4 Å². The Kier molecular flexibility index (Phi) is 10.1. The summed E-state index contributed by atoms with van der Waals surface area (Å²) in [6.45, 7) is 8.74. The van der Waals surface area contributed by atoms with Crippen LogP contribution in [0, 0.1) is 20.8 Å². The van der Waals surface area contributed by atoms with E-state index in [2.05, 4.69) is 21.2 Å². The molecule has 190 valence electrons. The summed E-state index contributed by atoms with van der Waals surface area (Å²) in [6, 6.07) is 21.0. The fourth-order valence-electron chi connectivity index (χ4n) is 4.14. The Balaban J connectivity index is 1.91. The van der Waals surface area contributed by atoms with Gasteiger partial charge < -0.3 is 15.0 Å². The van der Waals surface area contributed by atoms with Crippen LogP contribution in [-0.2, 0) is 22.6 Å². The molecule has 2 amide bonds. The molecule has 5 nitrogen and oxygen atoms in total. The van der Waals surface area contributed by atoms with Crippen LogP contribution in [0.1, 0.15) is 41.2 Å². The van der Waals surface area contributed by atoms with Gasteiger partial charge in [0.1, 0.15) is 11.8 Å². The van der Waals surface area contributed by atoms with Crippen molar-refractivity contribution in [3.05, 3.63) is 99.0 Å². The topological polar surface area (TPSA) is 58.6 Å². The first-order valence-corrected chi connectivity index (χ1v) is 13.1. The summed E-state index contributed by atoms with van der Waals surface area (Å²) >= 11 is 3.57. The van der Waals surface area contributed by atoms with Crippen LogP contribution in [0.3, 0.4) is 0 Å². The molecular formula is C30H35BrN2O3. The van der Waals surface area contributed by atoms with Crippen LogP contribution in [0.15, 0.2) is 71.2 Å². The lowest BCUT2D eigenvalue weighted by molar-refractivity contribution is -0.142. The van der Waals surface area contributed by atoms with Gasteiger partial charge in [0.15, 0.2) is 6.61 Å². The maximum Gasteiger partial charge on any atom is 0.261 e. The monoisotopic (exact) mass is 550 g/mol. The van der Waals surface area contributed by atoms with E-state index in [1.807, 2.05) is 94.4 Å². The first-order chi connectivity index (χ1) is 17.3. The Morgan fingerprint density at radius 2 is 1.61 bits per heavy atom. The van der Waals surface area contributed by atoms with Crippen LogP contribution < -0.4 is 10.1 Å². The van der Waals surface area contributed by atoms with Crippen molar-refractivity contribution in [2.24, 2.45) is 0 Å². The van der Waals surface area contributed by atoms with Gasteiger partial charge >= 0.3 is 0 Å². The number of ether oxygens (including phenoxy) is 1. The van der Waals surface area contributed by atoms with E-state index in [4.69, 9.17) is 4.74 Å². The minimum absolute atomic E-state index is 0.154. The number of nitrogens with zero attached hydrogens (tertiary/aromatic N) is 1.